The molecule has 0 N–H and O–H groups in total. The van der Waals surface area contributed by atoms with Crippen LogP contribution in [0.25, 0.3) is 0 Å². The first kappa shape index (κ1) is 11.0. The minimum absolute atomic E-state index is 0.0659. The minimum Gasteiger partial charge on any atom is -0.397 e. The molecule has 0 saturated heterocycles. The van der Waals surface area contributed by atoms with Crippen molar-refractivity contribution in [1.82, 2.24) is 14.8 Å². The Balaban J connectivity index is 2.36. The van der Waals surface area contributed by atoms with E-state index in [0.29, 0.717) is 5.56 Å². The van der Waals surface area contributed by atoms with E-state index in [1.807, 2.05) is 6.07 Å². The molecule has 0 atom stereocenters. The lowest BCUT2D eigenvalue weighted by Crippen LogP contribution is -2.24. The number of benzene rings is 1. The highest BCUT2D eigenvalue weighted by Crippen LogP contribution is 2.03. The van der Waals surface area contributed by atoms with E-state index in [-0.39, 0.29) is 11.6 Å². The molecule has 0 unspecified atom stereocenters. The molecule has 0 aliphatic heterocycles. The lowest BCUT2D eigenvalue weighted by Gasteiger charge is -2.03. The highest BCUT2D eigenvalue weighted by molar-refractivity contribution is 6.45. The molecule has 1 heterocycles. The monoisotopic (exact) mass is 230 g/mol. The number of aromatic nitrogens is 3. The van der Waals surface area contributed by atoms with Gasteiger partial charge in [-0.2, -0.15) is 9.78 Å². The van der Waals surface area contributed by atoms with Crippen molar-refractivity contribution in [2.75, 3.05) is 7.11 Å². The van der Waals surface area contributed by atoms with Crippen molar-refractivity contribution in [1.29, 1.82) is 0 Å². The van der Waals surface area contributed by atoms with Gasteiger partial charge in [0.25, 0.3) is 0 Å². The van der Waals surface area contributed by atoms with Crippen LogP contribution in [0, 0.1) is 0 Å². The quantitative estimate of drug-likeness (QED) is 0.341. The van der Waals surface area contributed by atoms with E-state index >= 15 is 0 Å². The second kappa shape index (κ2) is 5.02. The first-order chi connectivity index (χ1) is 8.33. The van der Waals surface area contributed by atoms with Crippen molar-refractivity contribution in [3.63, 3.8) is 0 Å². The molecule has 1 aromatic heterocycles. The van der Waals surface area contributed by atoms with Crippen molar-refractivity contribution >= 4 is 11.6 Å². The van der Waals surface area contributed by atoms with Crippen LogP contribution in [0.2, 0.25) is 0 Å². The van der Waals surface area contributed by atoms with Crippen LogP contribution in [0.5, 0.6) is 0 Å². The summed E-state index contributed by atoms with van der Waals surface area (Å²) in [5.41, 5.74) is 0.513. The molecule has 6 heteroatoms. The molecule has 0 fully saturated rings. The van der Waals surface area contributed by atoms with Gasteiger partial charge in [-0.3, -0.25) is 4.79 Å². The number of hydrogen-bond acceptors (Lipinski definition) is 5. The van der Waals surface area contributed by atoms with Crippen molar-refractivity contribution < 1.29 is 9.63 Å². The molecule has 0 aliphatic rings. The molecule has 86 valence electrons. The number of nitrogens with zero attached hydrogens (tertiary/aromatic N) is 4. The Hall–Kier alpha value is -2.50. The number of rotatable bonds is 3. The molecule has 17 heavy (non-hydrogen) atoms. The Morgan fingerprint density at radius 3 is 2.71 bits per heavy atom. The summed E-state index contributed by atoms with van der Waals surface area (Å²) in [5, 5.41) is 7.53. The second-order valence-corrected chi connectivity index (χ2v) is 3.13. The van der Waals surface area contributed by atoms with E-state index in [4.69, 9.17) is 0 Å². The van der Waals surface area contributed by atoms with E-state index in [9.17, 15) is 4.79 Å². The standard InChI is InChI=1S/C11H10N4O2/c1-17-14-11(15-8-12-7-13-15)10(16)9-5-3-2-4-6-9/h2-8H,1H3/b14-11+. The van der Waals surface area contributed by atoms with Gasteiger partial charge >= 0.3 is 0 Å². The third-order valence-electron chi connectivity index (χ3n) is 2.05. The van der Waals surface area contributed by atoms with E-state index in [1.165, 1.54) is 24.4 Å². The molecule has 1 aromatic carbocycles. The summed E-state index contributed by atoms with van der Waals surface area (Å²) < 4.78 is 1.26. The highest BCUT2D eigenvalue weighted by atomic mass is 16.6. The number of Topliss-reactive ketones (excluding diaryl/α,β-unsaturated/α-hetero) is 1. The maximum absolute atomic E-state index is 12.1. The minimum atomic E-state index is -0.280. The van der Waals surface area contributed by atoms with Crippen LogP contribution in [-0.2, 0) is 4.84 Å². The predicted molar refractivity (Wildman–Crippen MR) is 60.6 cm³/mol. The average molecular weight is 230 g/mol. The number of ketones is 1. The molecule has 0 saturated carbocycles. The van der Waals surface area contributed by atoms with Crippen LogP contribution in [-0.4, -0.2) is 33.5 Å². The number of hydrogen-bond donors (Lipinski definition) is 0. The third kappa shape index (κ3) is 2.36. The first-order valence-corrected chi connectivity index (χ1v) is 4.89. The molecule has 2 rings (SSSR count). The zero-order valence-electron chi connectivity index (χ0n) is 9.15. The molecule has 0 radical (unpaired) electrons. The fraction of sp³-hybridized carbons (Fsp3) is 0.0909. The second-order valence-electron chi connectivity index (χ2n) is 3.13. The van der Waals surface area contributed by atoms with Gasteiger partial charge < -0.3 is 4.84 Å². The van der Waals surface area contributed by atoms with Gasteiger partial charge in [0.1, 0.15) is 19.8 Å². The van der Waals surface area contributed by atoms with Crippen molar-refractivity contribution in [3.05, 3.63) is 48.5 Å². The summed E-state index contributed by atoms with van der Waals surface area (Å²) in [6.45, 7) is 0. The van der Waals surface area contributed by atoms with Gasteiger partial charge in [-0.05, 0) is 0 Å². The summed E-state index contributed by atoms with van der Waals surface area (Å²) in [4.78, 5) is 20.5. The lowest BCUT2D eigenvalue weighted by molar-refractivity contribution is 0.105. The van der Waals surface area contributed by atoms with Crippen LogP contribution in [0.3, 0.4) is 0 Å². The Morgan fingerprint density at radius 1 is 1.35 bits per heavy atom. The Kier molecular flexibility index (Phi) is 3.25. The Bertz CT molecular complexity index is 520. The molecular weight excluding hydrogens is 220 g/mol. The smallest absolute Gasteiger partial charge is 0.242 e. The topological polar surface area (TPSA) is 69.4 Å². The number of oxime groups is 1. The fourth-order valence-electron chi connectivity index (χ4n) is 1.31. The fourth-order valence-corrected chi connectivity index (χ4v) is 1.31. The highest BCUT2D eigenvalue weighted by Gasteiger charge is 2.17. The van der Waals surface area contributed by atoms with E-state index in [2.05, 4.69) is 20.1 Å². The lowest BCUT2D eigenvalue weighted by atomic mass is 10.1. The average Bonchev–Trinajstić information content (AvgIpc) is 2.90. The maximum atomic E-state index is 12.1. The van der Waals surface area contributed by atoms with Crippen molar-refractivity contribution in [2.24, 2.45) is 5.16 Å². The zero-order chi connectivity index (χ0) is 12.1. The third-order valence-corrected chi connectivity index (χ3v) is 2.05. The SMILES string of the molecule is CO/N=C(\C(=O)c1ccccc1)n1cncn1. The maximum Gasteiger partial charge on any atom is 0.242 e. The van der Waals surface area contributed by atoms with Crippen molar-refractivity contribution in [2.45, 2.75) is 0 Å². The number of carbonyl (C=O) groups is 1. The Morgan fingerprint density at radius 2 is 2.12 bits per heavy atom. The van der Waals surface area contributed by atoms with Crippen molar-refractivity contribution in [3.8, 4) is 0 Å². The molecule has 0 aliphatic carbocycles. The van der Waals surface area contributed by atoms with E-state index < -0.39 is 0 Å². The Labute approximate surface area is 97.5 Å². The van der Waals surface area contributed by atoms with Crippen LogP contribution in [0.1, 0.15) is 10.4 Å². The van der Waals surface area contributed by atoms with E-state index in [0.717, 1.165) is 0 Å². The van der Waals surface area contributed by atoms with E-state index in [1.54, 1.807) is 24.3 Å². The molecule has 0 amide bonds. The van der Waals surface area contributed by atoms with Gasteiger partial charge in [-0.1, -0.05) is 35.5 Å². The van der Waals surface area contributed by atoms with Gasteiger partial charge in [0.2, 0.25) is 11.6 Å². The van der Waals surface area contributed by atoms with Crippen LogP contribution >= 0.6 is 0 Å². The largest absolute Gasteiger partial charge is 0.397 e. The molecule has 0 spiro atoms. The summed E-state index contributed by atoms with van der Waals surface area (Å²) in [7, 11) is 1.37. The summed E-state index contributed by atoms with van der Waals surface area (Å²) in [6.07, 6.45) is 2.71. The van der Waals surface area contributed by atoms with Gasteiger partial charge in [0.05, 0.1) is 0 Å². The molecule has 2 aromatic rings. The van der Waals surface area contributed by atoms with Crippen LogP contribution < -0.4 is 0 Å². The summed E-state index contributed by atoms with van der Waals surface area (Å²) in [5.74, 6) is -0.214. The van der Waals surface area contributed by atoms with Crippen LogP contribution in [0.4, 0.5) is 0 Å². The van der Waals surface area contributed by atoms with Crippen LogP contribution in [0.15, 0.2) is 48.1 Å². The van der Waals surface area contributed by atoms with Gasteiger partial charge in [-0.25, -0.2) is 4.98 Å². The molecular formula is C11H10N4O2. The number of carbonyl (C=O) groups excluding carboxylic acids is 1. The zero-order valence-corrected chi connectivity index (χ0v) is 9.15. The summed E-state index contributed by atoms with van der Waals surface area (Å²) in [6, 6.07) is 8.78. The predicted octanol–water partition coefficient (Wildman–Crippen LogP) is 0.969. The van der Waals surface area contributed by atoms with Gasteiger partial charge in [0, 0.05) is 5.56 Å². The molecule has 0 bridgehead atoms. The summed E-state index contributed by atoms with van der Waals surface area (Å²) >= 11 is 0. The van der Waals surface area contributed by atoms with Gasteiger partial charge in [0.15, 0.2) is 0 Å². The van der Waals surface area contributed by atoms with Gasteiger partial charge in [-0.15, -0.1) is 0 Å². The molecule has 6 nitrogen and oxygen atoms in total. The first-order valence-electron chi connectivity index (χ1n) is 4.89. The normalized spacial score (nSPS) is 11.2.